The predicted octanol–water partition coefficient (Wildman–Crippen LogP) is 2.16. The highest BCUT2D eigenvalue weighted by Crippen LogP contribution is 2.11. The maximum atomic E-state index is 4.92. The SMILES string of the molecule is CCNC(=NCCCc1nc(C)cs1)N1CCN(Cc2ccon2)CC1. The van der Waals surface area contributed by atoms with Crippen LogP contribution in [0.4, 0.5) is 0 Å². The molecule has 2 aromatic heterocycles. The number of thiazole rings is 1. The molecule has 1 fully saturated rings. The third-order valence-corrected chi connectivity index (χ3v) is 5.39. The molecule has 1 aliphatic rings. The lowest BCUT2D eigenvalue weighted by Crippen LogP contribution is -2.52. The van der Waals surface area contributed by atoms with Crippen molar-refractivity contribution in [3.8, 4) is 0 Å². The van der Waals surface area contributed by atoms with E-state index in [-0.39, 0.29) is 0 Å². The van der Waals surface area contributed by atoms with Gasteiger partial charge in [0.15, 0.2) is 5.96 Å². The highest BCUT2D eigenvalue weighted by atomic mass is 32.1. The fourth-order valence-corrected chi connectivity index (χ4v) is 3.84. The first-order valence-electron chi connectivity index (χ1n) is 9.30. The van der Waals surface area contributed by atoms with Crippen molar-refractivity contribution in [3.63, 3.8) is 0 Å². The number of rotatable bonds is 7. The lowest BCUT2D eigenvalue weighted by molar-refractivity contribution is 0.169. The number of aliphatic imine (C=N–C) groups is 1. The van der Waals surface area contributed by atoms with E-state index < -0.39 is 0 Å². The second-order valence-corrected chi connectivity index (χ2v) is 7.42. The van der Waals surface area contributed by atoms with Crippen molar-refractivity contribution in [1.82, 2.24) is 25.3 Å². The van der Waals surface area contributed by atoms with E-state index in [9.17, 15) is 0 Å². The summed E-state index contributed by atoms with van der Waals surface area (Å²) in [6.45, 7) is 10.7. The zero-order valence-electron chi connectivity index (χ0n) is 15.6. The molecule has 1 saturated heterocycles. The Morgan fingerprint density at radius 2 is 2.19 bits per heavy atom. The zero-order chi connectivity index (χ0) is 18.2. The third-order valence-electron chi connectivity index (χ3n) is 4.36. The first kappa shape index (κ1) is 18.8. The van der Waals surface area contributed by atoms with E-state index in [4.69, 9.17) is 9.52 Å². The van der Waals surface area contributed by atoms with Crippen LogP contribution < -0.4 is 5.32 Å². The molecule has 1 N–H and O–H groups in total. The van der Waals surface area contributed by atoms with E-state index in [1.54, 1.807) is 17.6 Å². The van der Waals surface area contributed by atoms with E-state index in [1.807, 2.05) is 13.0 Å². The van der Waals surface area contributed by atoms with Gasteiger partial charge in [-0.15, -0.1) is 11.3 Å². The predicted molar refractivity (Wildman–Crippen MR) is 105 cm³/mol. The number of aromatic nitrogens is 2. The normalized spacial score (nSPS) is 16.2. The van der Waals surface area contributed by atoms with Crippen LogP contribution in [0.1, 0.15) is 29.7 Å². The van der Waals surface area contributed by atoms with Crippen LogP contribution in [0.15, 0.2) is 27.2 Å². The second kappa shape index (κ2) is 9.68. The topological polar surface area (TPSA) is 69.8 Å². The number of nitrogens with one attached hydrogen (secondary N) is 1. The van der Waals surface area contributed by atoms with Crippen molar-refractivity contribution in [3.05, 3.63) is 34.1 Å². The molecule has 26 heavy (non-hydrogen) atoms. The molecule has 0 atom stereocenters. The molecule has 0 unspecified atom stereocenters. The van der Waals surface area contributed by atoms with Crippen LogP contribution >= 0.6 is 11.3 Å². The van der Waals surface area contributed by atoms with Gasteiger partial charge in [0, 0.05) is 69.4 Å². The lowest BCUT2D eigenvalue weighted by Gasteiger charge is -2.36. The Hall–Kier alpha value is -1.93. The van der Waals surface area contributed by atoms with Crippen LogP contribution in [0.5, 0.6) is 0 Å². The Bertz CT molecular complexity index is 676. The minimum Gasteiger partial charge on any atom is -0.364 e. The molecule has 0 aromatic carbocycles. The van der Waals surface area contributed by atoms with Gasteiger partial charge >= 0.3 is 0 Å². The largest absolute Gasteiger partial charge is 0.364 e. The number of nitrogens with zero attached hydrogens (tertiary/aromatic N) is 5. The van der Waals surface area contributed by atoms with E-state index in [2.05, 4.69) is 37.6 Å². The summed E-state index contributed by atoms with van der Waals surface area (Å²) in [5.74, 6) is 1.03. The average Bonchev–Trinajstić information content (AvgIpc) is 3.30. The summed E-state index contributed by atoms with van der Waals surface area (Å²) in [5, 5.41) is 10.8. The minimum absolute atomic E-state index is 0.833. The summed E-state index contributed by atoms with van der Waals surface area (Å²) in [6.07, 6.45) is 3.68. The Balaban J connectivity index is 1.44. The molecule has 7 nitrogen and oxygen atoms in total. The van der Waals surface area contributed by atoms with Gasteiger partial charge in [0.05, 0.1) is 10.7 Å². The van der Waals surface area contributed by atoms with E-state index in [0.717, 1.165) is 76.0 Å². The molecule has 3 rings (SSSR count). The highest BCUT2D eigenvalue weighted by molar-refractivity contribution is 7.09. The number of hydrogen-bond donors (Lipinski definition) is 1. The van der Waals surface area contributed by atoms with Gasteiger partial charge in [-0.2, -0.15) is 0 Å². The molecular formula is C18H28N6OS. The zero-order valence-corrected chi connectivity index (χ0v) is 16.5. The second-order valence-electron chi connectivity index (χ2n) is 6.48. The van der Waals surface area contributed by atoms with Crippen molar-refractivity contribution in [1.29, 1.82) is 0 Å². The number of piperazine rings is 1. The van der Waals surface area contributed by atoms with Gasteiger partial charge in [-0.3, -0.25) is 9.89 Å². The van der Waals surface area contributed by atoms with Gasteiger partial charge in [-0.1, -0.05) is 5.16 Å². The van der Waals surface area contributed by atoms with Crippen LogP contribution in [-0.4, -0.2) is 65.2 Å². The minimum atomic E-state index is 0.833. The number of guanidine groups is 1. The molecule has 142 valence electrons. The molecule has 0 saturated carbocycles. The van der Waals surface area contributed by atoms with Crippen molar-refractivity contribution >= 4 is 17.3 Å². The Kier molecular flexibility index (Phi) is 7.02. The summed E-state index contributed by atoms with van der Waals surface area (Å²) in [4.78, 5) is 14.1. The molecule has 1 aliphatic heterocycles. The molecule has 0 radical (unpaired) electrons. The summed E-state index contributed by atoms with van der Waals surface area (Å²) in [6, 6.07) is 1.93. The van der Waals surface area contributed by atoms with Crippen LogP contribution in [0.25, 0.3) is 0 Å². The van der Waals surface area contributed by atoms with Crippen molar-refractivity contribution in [2.75, 3.05) is 39.3 Å². The fourth-order valence-electron chi connectivity index (χ4n) is 3.02. The first-order chi connectivity index (χ1) is 12.7. The summed E-state index contributed by atoms with van der Waals surface area (Å²) in [7, 11) is 0. The summed E-state index contributed by atoms with van der Waals surface area (Å²) >= 11 is 1.75. The van der Waals surface area contributed by atoms with Crippen LogP contribution in [0.2, 0.25) is 0 Å². The third kappa shape index (κ3) is 5.54. The highest BCUT2D eigenvalue weighted by Gasteiger charge is 2.20. The van der Waals surface area contributed by atoms with Gasteiger partial charge in [-0.25, -0.2) is 4.98 Å². The number of aryl methyl sites for hydroxylation is 2. The van der Waals surface area contributed by atoms with E-state index in [1.165, 1.54) is 5.01 Å². The molecule has 8 heteroatoms. The number of hydrogen-bond acceptors (Lipinski definition) is 6. The van der Waals surface area contributed by atoms with Gasteiger partial charge in [-0.05, 0) is 20.3 Å². The Morgan fingerprint density at radius 1 is 1.35 bits per heavy atom. The van der Waals surface area contributed by atoms with Crippen molar-refractivity contribution in [2.24, 2.45) is 4.99 Å². The molecular weight excluding hydrogens is 348 g/mol. The van der Waals surface area contributed by atoms with Crippen LogP contribution in [-0.2, 0) is 13.0 Å². The van der Waals surface area contributed by atoms with Crippen molar-refractivity contribution in [2.45, 2.75) is 33.2 Å². The summed E-state index contributed by atoms with van der Waals surface area (Å²) in [5.41, 5.74) is 2.11. The molecule has 2 aromatic rings. The fraction of sp³-hybridized carbons (Fsp3) is 0.611. The lowest BCUT2D eigenvalue weighted by atomic mass is 10.3. The van der Waals surface area contributed by atoms with Crippen LogP contribution in [0.3, 0.4) is 0 Å². The smallest absolute Gasteiger partial charge is 0.194 e. The van der Waals surface area contributed by atoms with Gasteiger partial charge in [0.1, 0.15) is 6.26 Å². The molecule has 0 spiro atoms. The Labute approximate surface area is 159 Å². The van der Waals surface area contributed by atoms with E-state index in [0.29, 0.717) is 0 Å². The standard InChI is InChI=1S/C18H28N6OS/c1-3-19-18(20-7-4-5-17-21-15(2)14-26-17)24-10-8-23(9-11-24)13-16-6-12-25-22-16/h6,12,14H,3-5,7-11,13H2,1-2H3,(H,19,20). The molecule has 0 aliphatic carbocycles. The first-order valence-corrected chi connectivity index (χ1v) is 10.2. The maximum absolute atomic E-state index is 4.92. The van der Waals surface area contributed by atoms with Crippen molar-refractivity contribution < 1.29 is 4.52 Å². The van der Waals surface area contributed by atoms with Gasteiger partial charge in [0.25, 0.3) is 0 Å². The van der Waals surface area contributed by atoms with Gasteiger partial charge in [0.2, 0.25) is 0 Å². The average molecular weight is 377 g/mol. The maximum Gasteiger partial charge on any atom is 0.194 e. The monoisotopic (exact) mass is 376 g/mol. The quantitative estimate of drug-likeness (QED) is 0.454. The van der Waals surface area contributed by atoms with E-state index >= 15 is 0 Å². The molecule has 0 bridgehead atoms. The molecule has 0 amide bonds. The molecule has 3 heterocycles. The van der Waals surface area contributed by atoms with Gasteiger partial charge < -0.3 is 14.7 Å². The summed E-state index contributed by atoms with van der Waals surface area (Å²) < 4.78 is 4.92. The van der Waals surface area contributed by atoms with Crippen LogP contribution in [0, 0.1) is 6.92 Å². The Morgan fingerprint density at radius 3 is 2.85 bits per heavy atom.